The fourth-order valence-corrected chi connectivity index (χ4v) is 3.01. The topological polar surface area (TPSA) is 63.3 Å². The Bertz CT molecular complexity index is 633. The molecule has 0 spiro atoms. The Balaban J connectivity index is 2.06. The number of fused-ring (bicyclic) bond motifs is 1. The molecule has 1 aliphatic rings. The predicted octanol–water partition coefficient (Wildman–Crippen LogP) is 3.29. The summed E-state index contributed by atoms with van der Waals surface area (Å²) in [6.45, 7) is 0. The van der Waals surface area contributed by atoms with Gasteiger partial charge in [-0.25, -0.2) is 4.79 Å². The van der Waals surface area contributed by atoms with Crippen molar-refractivity contribution in [3.8, 4) is 11.3 Å². The minimum absolute atomic E-state index is 0.137. The molecule has 1 aromatic carbocycles. The van der Waals surface area contributed by atoms with Crippen LogP contribution in [0.4, 0.5) is 0 Å². The van der Waals surface area contributed by atoms with Crippen molar-refractivity contribution in [2.45, 2.75) is 19.3 Å². The van der Waals surface area contributed by atoms with Gasteiger partial charge in [-0.15, -0.1) is 0 Å². The number of carbonyl (C=O) groups is 1. The number of nitrogens with zero attached hydrogens (tertiary/aromatic N) is 1. The van der Waals surface area contributed by atoms with Crippen molar-refractivity contribution < 1.29 is 14.4 Å². The lowest BCUT2D eigenvalue weighted by Crippen LogP contribution is -1.91. The molecule has 3 rings (SSSR count). The van der Waals surface area contributed by atoms with E-state index in [0.717, 1.165) is 29.3 Å². The first-order valence-electron chi connectivity index (χ1n) is 5.67. The molecule has 5 heteroatoms. The molecule has 2 aromatic rings. The Morgan fingerprint density at radius 2 is 2.17 bits per heavy atom. The van der Waals surface area contributed by atoms with Gasteiger partial charge in [-0.05, 0) is 42.5 Å². The minimum atomic E-state index is -1.10. The standard InChI is InChI=1S/C13H10BrNO3/c14-10-5-8(4-7-2-1-3-9(7)10)11-6-12(13(16)17)18-15-11/h4-6H,1-3H2,(H,16,17). The highest BCUT2D eigenvalue weighted by Crippen LogP contribution is 2.34. The molecule has 1 heterocycles. The van der Waals surface area contributed by atoms with Gasteiger partial charge in [-0.3, -0.25) is 0 Å². The first-order chi connectivity index (χ1) is 8.65. The molecule has 0 fully saturated rings. The summed E-state index contributed by atoms with van der Waals surface area (Å²) < 4.78 is 5.84. The quantitative estimate of drug-likeness (QED) is 0.924. The van der Waals surface area contributed by atoms with Gasteiger partial charge in [-0.1, -0.05) is 21.1 Å². The number of aromatic nitrogens is 1. The van der Waals surface area contributed by atoms with E-state index >= 15 is 0 Å². The lowest BCUT2D eigenvalue weighted by Gasteiger charge is -2.05. The number of hydrogen-bond donors (Lipinski definition) is 1. The maximum absolute atomic E-state index is 10.8. The highest BCUT2D eigenvalue weighted by atomic mass is 79.9. The summed E-state index contributed by atoms with van der Waals surface area (Å²) >= 11 is 3.56. The lowest BCUT2D eigenvalue weighted by molar-refractivity contribution is 0.0652. The van der Waals surface area contributed by atoms with E-state index in [1.807, 2.05) is 6.07 Å². The Hall–Kier alpha value is -1.62. The second kappa shape index (κ2) is 4.24. The number of hydrogen-bond acceptors (Lipinski definition) is 3. The van der Waals surface area contributed by atoms with Crippen molar-refractivity contribution in [2.75, 3.05) is 0 Å². The minimum Gasteiger partial charge on any atom is -0.475 e. The van der Waals surface area contributed by atoms with Crippen molar-refractivity contribution in [2.24, 2.45) is 0 Å². The van der Waals surface area contributed by atoms with E-state index < -0.39 is 5.97 Å². The predicted molar refractivity (Wildman–Crippen MR) is 68.6 cm³/mol. The van der Waals surface area contributed by atoms with Crippen LogP contribution in [-0.2, 0) is 12.8 Å². The van der Waals surface area contributed by atoms with Crippen molar-refractivity contribution >= 4 is 21.9 Å². The first-order valence-corrected chi connectivity index (χ1v) is 6.46. The summed E-state index contributed by atoms with van der Waals surface area (Å²) in [5, 5.41) is 12.6. The van der Waals surface area contributed by atoms with E-state index in [0.29, 0.717) is 5.69 Å². The van der Waals surface area contributed by atoms with Crippen molar-refractivity contribution in [1.29, 1.82) is 0 Å². The van der Waals surface area contributed by atoms with E-state index in [4.69, 9.17) is 9.63 Å². The van der Waals surface area contributed by atoms with E-state index in [2.05, 4.69) is 27.2 Å². The molecule has 4 nitrogen and oxygen atoms in total. The summed E-state index contributed by atoms with van der Waals surface area (Å²) in [6.07, 6.45) is 3.32. The van der Waals surface area contributed by atoms with Crippen LogP contribution >= 0.6 is 15.9 Å². The zero-order valence-electron chi connectivity index (χ0n) is 9.44. The molecular formula is C13H10BrNO3. The fraction of sp³-hybridized carbons (Fsp3) is 0.231. The maximum atomic E-state index is 10.8. The van der Waals surface area contributed by atoms with Crippen LogP contribution in [0.2, 0.25) is 0 Å². The number of aromatic carboxylic acids is 1. The third-order valence-electron chi connectivity index (χ3n) is 3.18. The molecule has 0 amide bonds. The van der Waals surface area contributed by atoms with Crippen LogP contribution in [0.1, 0.15) is 28.1 Å². The highest BCUT2D eigenvalue weighted by Gasteiger charge is 2.18. The highest BCUT2D eigenvalue weighted by molar-refractivity contribution is 9.10. The molecule has 0 unspecified atom stereocenters. The van der Waals surface area contributed by atoms with Crippen LogP contribution in [0.15, 0.2) is 27.2 Å². The zero-order chi connectivity index (χ0) is 12.7. The molecule has 1 aliphatic carbocycles. The van der Waals surface area contributed by atoms with Crippen LogP contribution in [0, 0.1) is 0 Å². The molecule has 18 heavy (non-hydrogen) atoms. The largest absolute Gasteiger partial charge is 0.475 e. The number of carboxylic acids is 1. The summed E-state index contributed by atoms with van der Waals surface area (Å²) in [7, 11) is 0. The van der Waals surface area contributed by atoms with Crippen LogP contribution in [0.25, 0.3) is 11.3 Å². The SMILES string of the molecule is O=C(O)c1cc(-c2cc(Br)c3c(c2)CCC3)no1. The van der Waals surface area contributed by atoms with Gasteiger partial charge in [0, 0.05) is 16.1 Å². The molecule has 0 saturated heterocycles. The van der Waals surface area contributed by atoms with Crippen LogP contribution < -0.4 is 0 Å². The summed E-state index contributed by atoms with van der Waals surface area (Å²) in [5.41, 5.74) is 4.10. The molecule has 1 aromatic heterocycles. The van der Waals surface area contributed by atoms with Crippen molar-refractivity contribution in [3.05, 3.63) is 39.6 Å². The maximum Gasteiger partial charge on any atom is 0.374 e. The monoisotopic (exact) mass is 307 g/mol. The first kappa shape index (κ1) is 11.5. The molecule has 0 radical (unpaired) electrons. The van der Waals surface area contributed by atoms with Crippen LogP contribution in [0.5, 0.6) is 0 Å². The van der Waals surface area contributed by atoms with Gasteiger partial charge in [-0.2, -0.15) is 0 Å². The number of halogens is 1. The molecule has 0 saturated carbocycles. The van der Waals surface area contributed by atoms with E-state index in [1.54, 1.807) is 0 Å². The van der Waals surface area contributed by atoms with Gasteiger partial charge < -0.3 is 9.63 Å². The molecule has 92 valence electrons. The number of carboxylic acid groups (broad SMARTS) is 1. The smallest absolute Gasteiger partial charge is 0.374 e. The molecular weight excluding hydrogens is 298 g/mol. The number of rotatable bonds is 2. The van der Waals surface area contributed by atoms with Crippen molar-refractivity contribution in [1.82, 2.24) is 5.16 Å². The lowest BCUT2D eigenvalue weighted by atomic mass is 10.0. The third kappa shape index (κ3) is 1.84. The fourth-order valence-electron chi connectivity index (χ4n) is 2.31. The molecule has 0 atom stereocenters. The Labute approximate surface area is 112 Å². The van der Waals surface area contributed by atoms with Gasteiger partial charge in [0.2, 0.25) is 5.76 Å². The average Bonchev–Trinajstić information content (AvgIpc) is 2.97. The Morgan fingerprint density at radius 3 is 2.89 bits per heavy atom. The summed E-state index contributed by atoms with van der Waals surface area (Å²) in [5.74, 6) is -1.24. The summed E-state index contributed by atoms with van der Waals surface area (Å²) in [6, 6.07) is 5.48. The molecule has 0 aliphatic heterocycles. The number of aryl methyl sites for hydroxylation is 1. The number of benzene rings is 1. The van der Waals surface area contributed by atoms with Crippen molar-refractivity contribution in [3.63, 3.8) is 0 Å². The molecule has 1 N–H and O–H groups in total. The molecule has 0 bridgehead atoms. The van der Waals surface area contributed by atoms with Gasteiger partial charge in [0.05, 0.1) is 0 Å². The van der Waals surface area contributed by atoms with E-state index in [9.17, 15) is 4.79 Å². The summed E-state index contributed by atoms with van der Waals surface area (Å²) in [4.78, 5) is 10.8. The normalized spacial score (nSPS) is 13.6. The van der Waals surface area contributed by atoms with E-state index in [-0.39, 0.29) is 5.76 Å². The Kier molecular flexibility index (Phi) is 2.70. The van der Waals surface area contributed by atoms with Gasteiger partial charge >= 0.3 is 5.97 Å². The zero-order valence-corrected chi connectivity index (χ0v) is 11.0. The van der Waals surface area contributed by atoms with Crippen LogP contribution in [-0.4, -0.2) is 16.2 Å². The third-order valence-corrected chi connectivity index (χ3v) is 3.89. The second-order valence-corrected chi connectivity index (χ2v) is 5.19. The van der Waals surface area contributed by atoms with E-state index in [1.165, 1.54) is 17.2 Å². The second-order valence-electron chi connectivity index (χ2n) is 4.33. The van der Waals surface area contributed by atoms with Crippen LogP contribution in [0.3, 0.4) is 0 Å². The Morgan fingerprint density at radius 1 is 1.33 bits per heavy atom. The van der Waals surface area contributed by atoms with Gasteiger partial charge in [0.1, 0.15) is 5.69 Å². The average molecular weight is 308 g/mol. The van der Waals surface area contributed by atoms with Gasteiger partial charge in [0.25, 0.3) is 0 Å². The van der Waals surface area contributed by atoms with Gasteiger partial charge in [0.15, 0.2) is 0 Å².